The van der Waals surface area contributed by atoms with Crippen molar-refractivity contribution in [3.63, 3.8) is 0 Å². The lowest BCUT2D eigenvalue weighted by Gasteiger charge is -1.94. The molecule has 0 aliphatic carbocycles. The number of hydrogen-bond donors (Lipinski definition) is 2. The van der Waals surface area contributed by atoms with Crippen LogP contribution in [0.25, 0.3) is 0 Å². The van der Waals surface area contributed by atoms with E-state index in [0.717, 1.165) is 17.0 Å². The number of nitrogens with one attached hydrogen (secondary N) is 1. The topological polar surface area (TPSA) is 71.8 Å². The molecule has 11 heavy (non-hydrogen) atoms. The Morgan fingerprint density at radius 3 is 2.64 bits per heavy atom. The molecule has 1 aromatic rings. The van der Waals surface area contributed by atoms with Gasteiger partial charge in [0, 0.05) is 11.3 Å². The number of H-pyrrole nitrogens is 1. The van der Waals surface area contributed by atoms with E-state index < -0.39 is 0 Å². The van der Waals surface area contributed by atoms with Crippen LogP contribution in [0, 0.1) is 13.8 Å². The number of nitrogens with two attached hydrogens (primary N) is 1. The van der Waals surface area contributed by atoms with Gasteiger partial charge in [-0.3, -0.25) is 9.89 Å². The van der Waals surface area contributed by atoms with E-state index in [2.05, 4.69) is 10.2 Å². The molecule has 0 bridgehead atoms. The maximum atomic E-state index is 10.6. The summed E-state index contributed by atoms with van der Waals surface area (Å²) < 4.78 is 0. The van der Waals surface area contributed by atoms with Gasteiger partial charge < -0.3 is 5.73 Å². The van der Waals surface area contributed by atoms with Crippen molar-refractivity contribution in [2.45, 2.75) is 20.3 Å². The third-order valence-electron chi connectivity index (χ3n) is 1.63. The zero-order valence-corrected chi connectivity index (χ0v) is 6.64. The number of carbonyl (C=O) groups is 1. The molecule has 4 nitrogen and oxygen atoms in total. The summed E-state index contributed by atoms with van der Waals surface area (Å²) in [5.41, 5.74) is 7.72. The second-order valence-corrected chi connectivity index (χ2v) is 2.56. The quantitative estimate of drug-likeness (QED) is 0.630. The van der Waals surface area contributed by atoms with Crippen molar-refractivity contribution in [2.24, 2.45) is 5.73 Å². The molecule has 0 aliphatic rings. The smallest absolute Gasteiger partial charge is 0.221 e. The van der Waals surface area contributed by atoms with Gasteiger partial charge in [-0.2, -0.15) is 5.10 Å². The Morgan fingerprint density at radius 1 is 1.64 bits per heavy atom. The van der Waals surface area contributed by atoms with Crippen LogP contribution in [-0.2, 0) is 11.2 Å². The lowest BCUT2D eigenvalue weighted by atomic mass is 10.1. The van der Waals surface area contributed by atoms with Crippen molar-refractivity contribution in [3.05, 3.63) is 17.0 Å². The Kier molecular flexibility index (Phi) is 1.94. The van der Waals surface area contributed by atoms with Gasteiger partial charge in [0.15, 0.2) is 0 Å². The standard InChI is InChI=1S/C7H11N3O/c1-4-6(3-7(8)11)5(2)10-9-4/h3H2,1-2H3,(H2,8,11)(H,9,10). The molecule has 0 aromatic carbocycles. The highest BCUT2D eigenvalue weighted by molar-refractivity contribution is 5.77. The van der Waals surface area contributed by atoms with E-state index in [-0.39, 0.29) is 12.3 Å². The molecular weight excluding hydrogens is 142 g/mol. The molecule has 1 rings (SSSR count). The third kappa shape index (κ3) is 1.58. The molecule has 0 saturated heterocycles. The number of hydrogen-bond acceptors (Lipinski definition) is 2. The minimum atomic E-state index is -0.322. The zero-order valence-electron chi connectivity index (χ0n) is 6.64. The van der Waals surface area contributed by atoms with Gasteiger partial charge in [-0.25, -0.2) is 0 Å². The first-order valence-corrected chi connectivity index (χ1v) is 3.40. The number of primary amides is 1. The highest BCUT2D eigenvalue weighted by Crippen LogP contribution is 2.08. The van der Waals surface area contributed by atoms with Crippen molar-refractivity contribution in [3.8, 4) is 0 Å². The fourth-order valence-corrected chi connectivity index (χ4v) is 1.01. The summed E-state index contributed by atoms with van der Waals surface area (Å²) in [6.07, 6.45) is 0.272. The third-order valence-corrected chi connectivity index (χ3v) is 1.63. The van der Waals surface area contributed by atoms with Crippen LogP contribution in [0.15, 0.2) is 0 Å². The number of carbonyl (C=O) groups excluding carboxylic acids is 1. The number of nitrogens with zero attached hydrogens (tertiary/aromatic N) is 1. The molecule has 1 amide bonds. The van der Waals surface area contributed by atoms with Gasteiger partial charge in [-0.15, -0.1) is 0 Å². The maximum absolute atomic E-state index is 10.6. The van der Waals surface area contributed by atoms with Crippen LogP contribution in [0.1, 0.15) is 17.0 Å². The predicted molar refractivity (Wildman–Crippen MR) is 41.0 cm³/mol. The fraction of sp³-hybridized carbons (Fsp3) is 0.429. The van der Waals surface area contributed by atoms with Gasteiger partial charge in [0.1, 0.15) is 0 Å². The molecule has 60 valence electrons. The lowest BCUT2D eigenvalue weighted by molar-refractivity contribution is -0.117. The van der Waals surface area contributed by atoms with Crippen LogP contribution in [0.5, 0.6) is 0 Å². The molecule has 0 atom stereocenters. The van der Waals surface area contributed by atoms with Crippen LogP contribution in [-0.4, -0.2) is 16.1 Å². The first-order chi connectivity index (χ1) is 5.11. The molecule has 0 saturated carbocycles. The number of aryl methyl sites for hydroxylation is 2. The van der Waals surface area contributed by atoms with Crippen LogP contribution >= 0.6 is 0 Å². The first-order valence-electron chi connectivity index (χ1n) is 3.40. The number of rotatable bonds is 2. The monoisotopic (exact) mass is 153 g/mol. The Balaban J connectivity index is 2.92. The van der Waals surface area contributed by atoms with E-state index in [4.69, 9.17) is 5.73 Å². The minimum absolute atomic E-state index is 0.272. The first kappa shape index (κ1) is 7.78. The Hall–Kier alpha value is -1.32. The average Bonchev–Trinajstić information content (AvgIpc) is 2.18. The Morgan fingerprint density at radius 2 is 2.27 bits per heavy atom. The van der Waals surface area contributed by atoms with Gasteiger partial charge in [0.25, 0.3) is 0 Å². The summed E-state index contributed by atoms with van der Waals surface area (Å²) in [5.74, 6) is -0.322. The number of amides is 1. The molecule has 0 unspecified atom stereocenters. The van der Waals surface area contributed by atoms with Gasteiger partial charge >= 0.3 is 0 Å². The van der Waals surface area contributed by atoms with Crippen LogP contribution in [0.3, 0.4) is 0 Å². The molecule has 0 fully saturated rings. The van der Waals surface area contributed by atoms with Crippen LogP contribution in [0.4, 0.5) is 0 Å². The second-order valence-electron chi connectivity index (χ2n) is 2.56. The summed E-state index contributed by atoms with van der Waals surface area (Å²) >= 11 is 0. The Bertz CT molecular complexity index is 258. The molecule has 0 radical (unpaired) electrons. The van der Waals surface area contributed by atoms with E-state index in [1.54, 1.807) is 0 Å². The summed E-state index contributed by atoms with van der Waals surface area (Å²) in [4.78, 5) is 10.6. The second kappa shape index (κ2) is 2.74. The predicted octanol–water partition coefficient (Wildman–Crippen LogP) is 0.0543. The van der Waals surface area contributed by atoms with Crippen molar-refractivity contribution in [1.29, 1.82) is 0 Å². The van der Waals surface area contributed by atoms with Gasteiger partial charge in [0.2, 0.25) is 5.91 Å². The summed E-state index contributed by atoms with van der Waals surface area (Å²) in [7, 11) is 0. The molecule has 1 heterocycles. The largest absolute Gasteiger partial charge is 0.369 e. The molecule has 3 N–H and O–H groups in total. The normalized spacial score (nSPS) is 10.0. The SMILES string of the molecule is Cc1n[nH]c(C)c1CC(N)=O. The summed E-state index contributed by atoms with van der Waals surface area (Å²) in [6.45, 7) is 3.72. The summed E-state index contributed by atoms with van der Waals surface area (Å²) in [6, 6.07) is 0. The maximum Gasteiger partial charge on any atom is 0.221 e. The molecule has 0 aliphatic heterocycles. The molecular formula is C7H11N3O. The average molecular weight is 153 g/mol. The van der Waals surface area contributed by atoms with E-state index in [9.17, 15) is 4.79 Å². The van der Waals surface area contributed by atoms with Gasteiger partial charge in [0.05, 0.1) is 12.1 Å². The van der Waals surface area contributed by atoms with E-state index >= 15 is 0 Å². The van der Waals surface area contributed by atoms with Crippen molar-refractivity contribution < 1.29 is 4.79 Å². The number of aromatic amines is 1. The van der Waals surface area contributed by atoms with Crippen LogP contribution in [0.2, 0.25) is 0 Å². The molecule has 4 heteroatoms. The van der Waals surface area contributed by atoms with E-state index in [0.29, 0.717) is 0 Å². The van der Waals surface area contributed by atoms with Gasteiger partial charge in [-0.05, 0) is 13.8 Å². The highest BCUT2D eigenvalue weighted by atomic mass is 16.1. The van der Waals surface area contributed by atoms with Crippen molar-refractivity contribution >= 4 is 5.91 Å². The van der Waals surface area contributed by atoms with E-state index in [1.165, 1.54) is 0 Å². The molecule has 1 aromatic heterocycles. The minimum Gasteiger partial charge on any atom is -0.369 e. The van der Waals surface area contributed by atoms with Gasteiger partial charge in [-0.1, -0.05) is 0 Å². The van der Waals surface area contributed by atoms with Crippen LogP contribution < -0.4 is 5.73 Å². The highest BCUT2D eigenvalue weighted by Gasteiger charge is 2.07. The fourth-order valence-electron chi connectivity index (χ4n) is 1.01. The molecule has 0 spiro atoms. The zero-order chi connectivity index (χ0) is 8.43. The lowest BCUT2D eigenvalue weighted by Crippen LogP contribution is -2.14. The van der Waals surface area contributed by atoms with Crippen molar-refractivity contribution in [2.75, 3.05) is 0 Å². The Labute approximate surface area is 64.8 Å². The summed E-state index contributed by atoms with van der Waals surface area (Å²) in [5, 5.41) is 6.72. The number of aromatic nitrogens is 2. The van der Waals surface area contributed by atoms with Crippen molar-refractivity contribution in [1.82, 2.24) is 10.2 Å². The van der Waals surface area contributed by atoms with E-state index in [1.807, 2.05) is 13.8 Å².